The van der Waals surface area contributed by atoms with Gasteiger partial charge in [-0.05, 0) is 55.5 Å². The van der Waals surface area contributed by atoms with Gasteiger partial charge in [0.2, 0.25) is 15.2 Å². The van der Waals surface area contributed by atoms with Gasteiger partial charge in [0.15, 0.2) is 0 Å². The SMILES string of the molecule is CCOC(=O)N1CCN(S(=O)(=O)c2ccc(C(=O)N(/N=C/c3ccc([N+](=O)[O-])s3)c3nc4ccc(F)cc4s3)cc2)CC1. The summed E-state index contributed by atoms with van der Waals surface area (Å²) >= 11 is 1.88. The van der Waals surface area contributed by atoms with Gasteiger partial charge in [0.1, 0.15) is 5.82 Å². The van der Waals surface area contributed by atoms with Crippen molar-refractivity contribution in [2.24, 2.45) is 5.10 Å². The van der Waals surface area contributed by atoms with Crippen LogP contribution in [0.2, 0.25) is 0 Å². The Morgan fingerprint density at radius 2 is 1.84 bits per heavy atom. The fourth-order valence-corrected chi connectivity index (χ4v) is 7.21. The van der Waals surface area contributed by atoms with E-state index in [9.17, 15) is 32.5 Å². The van der Waals surface area contributed by atoms with Crippen molar-refractivity contribution in [3.8, 4) is 0 Å². The minimum Gasteiger partial charge on any atom is -0.450 e. The van der Waals surface area contributed by atoms with Crippen LogP contribution in [0.3, 0.4) is 0 Å². The molecule has 0 N–H and O–H groups in total. The summed E-state index contributed by atoms with van der Waals surface area (Å²) in [5, 5.41) is 16.3. The minimum absolute atomic E-state index is 0.0370. The number of anilines is 1. The number of sulfonamides is 1. The Kier molecular flexibility index (Phi) is 8.77. The zero-order chi connectivity index (χ0) is 30.7. The van der Waals surface area contributed by atoms with Gasteiger partial charge in [0.05, 0.1) is 37.7 Å². The maximum atomic E-state index is 13.8. The average molecular weight is 647 g/mol. The number of carbonyl (C=O) groups excluding carboxylic acids is 2. The number of hydrazone groups is 1. The van der Waals surface area contributed by atoms with Crippen LogP contribution >= 0.6 is 22.7 Å². The molecular formula is C26H23FN6O7S3. The van der Waals surface area contributed by atoms with Crippen LogP contribution in [0.25, 0.3) is 10.2 Å². The lowest BCUT2D eigenvalue weighted by Crippen LogP contribution is -2.50. The van der Waals surface area contributed by atoms with Gasteiger partial charge in [-0.15, -0.1) is 0 Å². The molecule has 17 heteroatoms. The third-order valence-electron chi connectivity index (χ3n) is 6.31. The van der Waals surface area contributed by atoms with E-state index in [1.165, 1.54) is 70.0 Å². The first kappa shape index (κ1) is 30.1. The molecule has 0 bridgehead atoms. The van der Waals surface area contributed by atoms with Gasteiger partial charge >= 0.3 is 11.1 Å². The van der Waals surface area contributed by atoms with Gasteiger partial charge in [-0.1, -0.05) is 22.7 Å². The molecule has 1 fully saturated rings. The first-order valence-electron chi connectivity index (χ1n) is 12.8. The average Bonchev–Trinajstić information content (AvgIpc) is 3.65. The lowest BCUT2D eigenvalue weighted by molar-refractivity contribution is -0.380. The number of hydrogen-bond donors (Lipinski definition) is 0. The molecule has 2 aromatic heterocycles. The number of nitro groups is 1. The summed E-state index contributed by atoms with van der Waals surface area (Å²) in [5.74, 6) is -1.14. The largest absolute Gasteiger partial charge is 0.450 e. The van der Waals surface area contributed by atoms with Crippen LogP contribution in [-0.2, 0) is 14.8 Å². The zero-order valence-corrected chi connectivity index (χ0v) is 24.9. The highest BCUT2D eigenvalue weighted by Crippen LogP contribution is 2.31. The molecule has 0 saturated carbocycles. The summed E-state index contributed by atoms with van der Waals surface area (Å²) in [7, 11) is -3.91. The van der Waals surface area contributed by atoms with Gasteiger partial charge in [-0.25, -0.2) is 22.6 Å². The fourth-order valence-electron chi connectivity index (χ4n) is 4.16. The van der Waals surface area contributed by atoms with Crippen LogP contribution in [0.5, 0.6) is 0 Å². The number of amides is 2. The van der Waals surface area contributed by atoms with E-state index in [1.807, 2.05) is 0 Å². The maximum absolute atomic E-state index is 13.8. The lowest BCUT2D eigenvalue weighted by atomic mass is 10.2. The van der Waals surface area contributed by atoms with Crippen LogP contribution in [0.1, 0.15) is 22.2 Å². The Labute approximate surface area is 252 Å². The van der Waals surface area contributed by atoms with Gasteiger partial charge in [-0.3, -0.25) is 14.9 Å². The summed E-state index contributed by atoms with van der Waals surface area (Å²) in [4.78, 5) is 42.3. The minimum atomic E-state index is -3.91. The third-order valence-corrected chi connectivity index (χ3v) is 10.2. The molecule has 2 aromatic carbocycles. The number of nitrogens with zero attached hydrogens (tertiary/aromatic N) is 6. The Bertz CT molecular complexity index is 1820. The van der Waals surface area contributed by atoms with E-state index < -0.39 is 32.8 Å². The monoisotopic (exact) mass is 646 g/mol. The normalized spacial score (nSPS) is 14.3. The molecule has 2 amide bonds. The Balaban J connectivity index is 1.39. The molecule has 1 aliphatic heterocycles. The van der Waals surface area contributed by atoms with Crippen LogP contribution < -0.4 is 5.01 Å². The standard InChI is InChI=1S/C26H23FN6O7S3/c1-2-40-26(35)30-11-13-31(14-12-30)43(38,39)20-7-3-17(4-8-20)24(34)32(28-16-19-6-10-23(41-19)33(36)37)25-29-21-9-5-18(27)15-22(21)42-25/h3-10,15-16H,2,11-14H2,1H3/b28-16+. The van der Waals surface area contributed by atoms with E-state index in [-0.39, 0.29) is 53.4 Å². The molecule has 1 saturated heterocycles. The third kappa shape index (κ3) is 6.53. The summed E-state index contributed by atoms with van der Waals surface area (Å²) in [6.07, 6.45) is 0.780. The number of thiophene rings is 1. The number of halogens is 1. The number of aromatic nitrogens is 1. The van der Waals surface area contributed by atoms with Crippen molar-refractivity contribution in [3.05, 3.63) is 81.0 Å². The van der Waals surface area contributed by atoms with Gasteiger partial charge in [0, 0.05) is 37.8 Å². The number of benzene rings is 2. The predicted molar refractivity (Wildman–Crippen MR) is 159 cm³/mol. The molecule has 0 aliphatic carbocycles. The van der Waals surface area contributed by atoms with Gasteiger partial charge in [-0.2, -0.15) is 14.4 Å². The first-order chi connectivity index (χ1) is 20.6. The van der Waals surface area contributed by atoms with E-state index in [0.29, 0.717) is 15.1 Å². The molecule has 13 nitrogen and oxygen atoms in total. The van der Waals surface area contributed by atoms with Crippen molar-refractivity contribution in [2.45, 2.75) is 11.8 Å². The van der Waals surface area contributed by atoms with Crippen LogP contribution in [0, 0.1) is 15.9 Å². The lowest BCUT2D eigenvalue weighted by Gasteiger charge is -2.33. The van der Waals surface area contributed by atoms with Crippen LogP contribution in [-0.4, -0.2) is 78.5 Å². The number of rotatable bonds is 8. The van der Waals surface area contributed by atoms with Crippen molar-refractivity contribution >= 4 is 71.3 Å². The molecule has 43 heavy (non-hydrogen) atoms. The molecule has 1 aliphatic rings. The second-order valence-corrected chi connectivity index (χ2v) is 13.1. The highest BCUT2D eigenvalue weighted by atomic mass is 32.2. The fraction of sp³-hybridized carbons (Fsp3) is 0.231. The van der Waals surface area contributed by atoms with Crippen molar-refractivity contribution in [1.29, 1.82) is 0 Å². The van der Waals surface area contributed by atoms with E-state index in [2.05, 4.69) is 10.1 Å². The molecule has 0 atom stereocenters. The second kappa shape index (κ2) is 12.5. The number of hydrogen-bond acceptors (Lipinski definition) is 11. The molecule has 5 rings (SSSR count). The Hall–Kier alpha value is -4.32. The van der Waals surface area contributed by atoms with Gasteiger partial charge < -0.3 is 9.64 Å². The number of carbonyl (C=O) groups is 2. The van der Waals surface area contributed by atoms with Gasteiger partial charge in [0.25, 0.3) is 5.91 Å². The zero-order valence-electron chi connectivity index (χ0n) is 22.5. The quantitative estimate of drug-likeness (QED) is 0.153. The topological polar surface area (TPSA) is 156 Å². The van der Waals surface area contributed by atoms with E-state index >= 15 is 0 Å². The predicted octanol–water partition coefficient (Wildman–Crippen LogP) is 4.55. The molecule has 224 valence electrons. The summed E-state index contributed by atoms with van der Waals surface area (Å²) in [6.45, 7) is 2.45. The van der Waals surface area contributed by atoms with E-state index in [1.54, 1.807) is 6.92 Å². The highest BCUT2D eigenvalue weighted by Gasteiger charge is 2.31. The van der Waals surface area contributed by atoms with Crippen molar-refractivity contribution in [1.82, 2.24) is 14.2 Å². The summed E-state index contributed by atoms with van der Waals surface area (Å²) in [5.41, 5.74) is 0.525. The number of ether oxygens (including phenoxy) is 1. The second-order valence-electron chi connectivity index (χ2n) is 9.02. The molecule has 4 aromatic rings. The number of thiazole rings is 1. The smallest absolute Gasteiger partial charge is 0.409 e. The molecule has 3 heterocycles. The molecule has 0 unspecified atom stereocenters. The maximum Gasteiger partial charge on any atom is 0.409 e. The van der Waals surface area contributed by atoms with Crippen molar-refractivity contribution in [3.63, 3.8) is 0 Å². The highest BCUT2D eigenvalue weighted by molar-refractivity contribution is 7.89. The summed E-state index contributed by atoms with van der Waals surface area (Å²) < 4.78 is 47.0. The summed E-state index contributed by atoms with van der Waals surface area (Å²) in [6, 6.07) is 12.1. The van der Waals surface area contributed by atoms with Crippen molar-refractivity contribution < 1.29 is 32.1 Å². The van der Waals surface area contributed by atoms with E-state index in [4.69, 9.17) is 4.74 Å². The molecule has 0 radical (unpaired) electrons. The first-order valence-corrected chi connectivity index (χ1v) is 15.8. The Morgan fingerprint density at radius 1 is 1.12 bits per heavy atom. The van der Waals surface area contributed by atoms with Crippen LogP contribution in [0.4, 0.5) is 19.3 Å². The van der Waals surface area contributed by atoms with Crippen LogP contribution in [0.15, 0.2) is 64.6 Å². The number of piperazine rings is 1. The van der Waals surface area contributed by atoms with Crippen molar-refractivity contribution in [2.75, 3.05) is 37.8 Å². The number of fused-ring (bicyclic) bond motifs is 1. The molecule has 0 spiro atoms. The molecular weight excluding hydrogens is 624 g/mol. The van der Waals surface area contributed by atoms with E-state index in [0.717, 1.165) is 27.7 Å². The Morgan fingerprint density at radius 3 is 2.49 bits per heavy atom.